The van der Waals surface area contributed by atoms with Crippen molar-refractivity contribution in [3.8, 4) is 0 Å². The number of carbonyl (C=O) groups is 1. The van der Waals surface area contributed by atoms with Gasteiger partial charge in [-0.2, -0.15) is 4.31 Å². The number of likely N-dealkylation sites (tertiary alicyclic amines) is 1. The van der Waals surface area contributed by atoms with Crippen LogP contribution in [-0.2, 0) is 14.8 Å². The van der Waals surface area contributed by atoms with Crippen LogP contribution >= 0.6 is 24.8 Å². The van der Waals surface area contributed by atoms with E-state index in [-0.39, 0.29) is 36.8 Å². The second-order valence-electron chi connectivity index (χ2n) is 7.47. The number of amides is 1. The Hall–Kier alpha value is -0.900. The summed E-state index contributed by atoms with van der Waals surface area (Å²) in [4.78, 5) is 17.0. The molecule has 0 spiro atoms. The first-order valence-corrected chi connectivity index (χ1v) is 11.1. The van der Waals surface area contributed by atoms with Crippen LogP contribution in [0, 0.1) is 6.92 Å². The van der Waals surface area contributed by atoms with Crippen LogP contribution in [0.3, 0.4) is 0 Å². The highest BCUT2D eigenvalue weighted by Crippen LogP contribution is 2.19. The van der Waals surface area contributed by atoms with E-state index in [2.05, 4.69) is 0 Å². The van der Waals surface area contributed by atoms with Crippen molar-refractivity contribution in [2.75, 3.05) is 45.8 Å². The smallest absolute Gasteiger partial charge is 0.243 e. The molecule has 2 aliphatic heterocycles. The van der Waals surface area contributed by atoms with E-state index in [1.807, 2.05) is 28.9 Å². The third-order valence-electron chi connectivity index (χ3n) is 5.57. The fourth-order valence-corrected chi connectivity index (χ4v) is 5.27. The minimum atomic E-state index is -3.47. The van der Waals surface area contributed by atoms with Crippen molar-refractivity contribution in [2.24, 2.45) is 5.73 Å². The summed E-state index contributed by atoms with van der Waals surface area (Å²) in [5.41, 5.74) is 6.85. The maximum atomic E-state index is 12.8. The Morgan fingerprint density at radius 1 is 1.03 bits per heavy atom. The van der Waals surface area contributed by atoms with Crippen molar-refractivity contribution < 1.29 is 13.2 Å². The number of sulfonamides is 1. The normalized spacial score (nSPS) is 21.2. The van der Waals surface area contributed by atoms with Gasteiger partial charge in [-0.05, 0) is 38.3 Å². The van der Waals surface area contributed by atoms with E-state index in [9.17, 15) is 13.2 Å². The summed E-state index contributed by atoms with van der Waals surface area (Å²) in [7, 11) is -3.47. The summed E-state index contributed by atoms with van der Waals surface area (Å²) in [6, 6.07) is 7.09. The lowest BCUT2D eigenvalue weighted by Gasteiger charge is -2.38. The van der Waals surface area contributed by atoms with Gasteiger partial charge in [-0.3, -0.25) is 9.69 Å². The molecular formula is C19H32Cl2N4O3S. The Kier molecular flexibility index (Phi) is 10.3. The van der Waals surface area contributed by atoms with Crippen LogP contribution < -0.4 is 5.73 Å². The van der Waals surface area contributed by atoms with Gasteiger partial charge in [0.2, 0.25) is 15.9 Å². The van der Waals surface area contributed by atoms with Gasteiger partial charge in [0.1, 0.15) is 0 Å². The Morgan fingerprint density at radius 2 is 1.66 bits per heavy atom. The van der Waals surface area contributed by atoms with Gasteiger partial charge >= 0.3 is 0 Å². The summed E-state index contributed by atoms with van der Waals surface area (Å²) in [5.74, 6) is 0.111. The van der Waals surface area contributed by atoms with Crippen LogP contribution in [0.15, 0.2) is 29.2 Å². The molecule has 2 N–H and O–H groups in total. The maximum absolute atomic E-state index is 12.8. The summed E-state index contributed by atoms with van der Waals surface area (Å²) in [6.07, 6.45) is 3.14. The molecule has 0 radical (unpaired) electrons. The molecule has 0 aliphatic carbocycles. The van der Waals surface area contributed by atoms with Crippen LogP contribution in [0.5, 0.6) is 0 Å². The van der Waals surface area contributed by atoms with Crippen LogP contribution in [0.1, 0.15) is 24.8 Å². The SMILES string of the molecule is Cc1ccc(S(=O)(=O)N2CCN(CC(=O)N3CCCCC3CN)CC2)cc1.Cl.Cl. The predicted molar refractivity (Wildman–Crippen MR) is 119 cm³/mol. The fourth-order valence-electron chi connectivity index (χ4n) is 3.84. The third-order valence-corrected chi connectivity index (χ3v) is 7.48. The number of nitrogens with two attached hydrogens (primary N) is 1. The lowest BCUT2D eigenvalue weighted by molar-refractivity contribution is -0.136. The van der Waals surface area contributed by atoms with Gasteiger partial charge in [-0.25, -0.2) is 8.42 Å². The first-order valence-electron chi connectivity index (χ1n) is 9.70. The number of piperidine rings is 1. The van der Waals surface area contributed by atoms with E-state index >= 15 is 0 Å². The Labute approximate surface area is 186 Å². The second-order valence-corrected chi connectivity index (χ2v) is 9.40. The molecule has 7 nitrogen and oxygen atoms in total. The molecule has 29 heavy (non-hydrogen) atoms. The van der Waals surface area contributed by atoms with E-state index in [0.717, 1.165) is 31.4 Å². The Bertz CT molecular complexity index is 753. The average Bonchev–Trinajstić information content (AvgIpc) is 2.68. The molecule has 1 aromatic rings. The molecule has 10 heteroatoms. The van der Waals surface area contributed by atoms with E-state index in [1.165, 1.54) is 4.31 Å². The summed E-state index contributed by atoms with van der Waals surface area (Å²) in [6.45, 7) is 5.51. The topological polar surface area (TPSA) is 87.0 Å². The van der Waals surface area contributed by atoms with E-state index in [0.29, 0.717) is 44.2 Å². The van der Waals surface area contributed by atoms with Gasteiger partial charge in [0.05, 0.1) is 11.4 Å². The number of rotatable bonds is 5. The van der Waals surface area contributed by atoms with E-state index < -0.39 is 10.0 Å². The highest BCUT2D eigenvalue weighted by molar-refractivity contribution is 7.89. The summed E-state index contributed by atoms with van der Waals surface area (Å²) in [5, 5.41) is 0. The van der Waals surface area contributed by atoms with Crippen LogP contribution in [0.25, 0.3) is 0 Å². The molecule has 0 bridgehead atoms. The Balaban J connectivity index is 0.00000210. The van der Waals surface area contributed by atoms with Gasteiger partial charge in [-0.15, -0.1) is 24.8 Å². The number of nitrogens with zero attached hydrogens (tertiary/aromatic N) is 3. The molecule has 1 atom stereocenters. The zero-order valence-corrected chi connectivity index (χ0v) is 19.3. The van der Waals surface area contributed by atoms with E-state index in [1.54, 1.807) is 12.1 Å². The average molecular weight is 467 g/mol. The highest BCUT2D eigenvalue weighted by Gasteiger charge is 2.31. The Morgan fingerprint density at radius 3 is 2.24 bits per heavy atom. The van der Waals surface area contributed by atoms with Gasteiger partial charge in [0, 0.05) is 45.3 Å². The number of hydrogen-bond acceptors (Lipinski definition) is 5. The zero-order valence-electron chi connectivity index (χ0n) is 16.8. The maximum Gasteiger partial charge on any atom is 0.243 e. The number of hydrogen-bond donors (Lipinski definition) is 1. The fraction of sp³-hybridized carbons (Fsp3) is 0.632. The molecule has 2 saturated heterocycles. The second kappa shape index (κ2) is 11.5. The molecule has 2 heterocycles. The van der Waals surface area contributed by atoms with Crippen LogP contribution in [-0.4, -0.2) is 80.3 Å². The van der Waals surface area contributed by atoms with Crippen molar-refractivity contribution in [3.05, 3.63) is 29.8 Å². The highest BCUT2D eigenvalue weighted by atomic mass is 35.5. The van der Waals surface area contributed by atoms with Gasteiger partial charge < -0.3 is 10.6 Å². The van der Waals surface area contributed by atoms with Crippen LogP contribution in [0.4, 0.5) is 0 Å². The zero-order chi connectivity index (χ0) is 19.4. The van der Waals surface area contributed by atoms with Gasteiger partial charge in [-0.1, -0.05) is 17.7 Å². The van der Waals surface area contributed by atoms with Crippen molar-refractivity contribution in [1.29, 1.82) is 0 Å². The number of piperazine rings is 1. The number of aryl methyl sites for hydroxylation is 1. The number of carbonyl (C=O) groups excluding carboxylic acids is 1. The van der Waals surface area contributed by atoms with E-state index in [4.69, 9.17) is 5.73 Å². The largest absolute Gasteiger partial charge is 0.337 e. The molecule has 1 amide bonds. The summed E-state index contributed by atoms with van der Waals surface area (Å²) >= 11 is 0. The minimum absolute atomic E-state index is 0. The molecule has 2 fully saturated rings. The molecular weight excluding hydrogens is 435 g/mol. The lowest BCUT2D eigenvalue weighted by atomic mass is 10.0. The predicted octanol–water partition coefficient (Wildman–Crippen LogP) is 1.48. The van der Waals surface area contributed by atoms with Crippen molar-refractivity contribution in [3.63, 3.8) is 0 Å². The monoisotopic (exact) mass is 466 g/mol. The molecule has 1 unspecified atom stereocenters. The molecule has 166 valence electrons. The van der Waals surface area contributed by atoms with Crippen molar-refractivity contribution in [1.82, 2.24) is 14.1 Å². The number of benzene rings is 1. The van der Waals surface area contributed by atoms with Gasteiger partial charge in [0.25, 0.3) is 0 Å². The van der Waals surface area contributed by atoms with Gasteiger partial charge in [0.15, 0.2) is 0 Å². The molecule has 3 rings (SSSR count). The molecule has 0 saturated carbocycles. The lowest BCUT2D eigenvalue weighted by Crippen LogP contribution is -2.54. The van der Waals surface area contributed by atoms with Crippen molar-refractivity contribution in [2.45, 2.75) is 37.1 Å². The quantitative estimate of drug-likeness (QED) is 0.709. The minimum Gasteiger partial charge on any atom is -0.337 e. The molecule has 2 aliphatic rings. The first kappa shape index (κ1) is 26.1. The number of halogens is 2. The third kappa shape index (κ3) is 6.29. The van der Waals surface area contributed by atoms with Crippen LogP contribution in [0.2, 0.25) is 0 Å². The first-order chi connectivity index (χ1) is 12.9. The van der Waals surface area contributed by atoms with Crippen molar-refractivity contribution >= 4 is 40.7 Å². The summed E-state index contributed by atoms with van der Waals surface area (Å²) < 4.78 is 27.1. The molecule has 0 aromatic heterocycles. The molecule has 1 aromatic carbocycles. The standard InChI is InChI=1S/C19H30N4O3S.2ClH/c1-16-5-7-18(8-6-16)27(25,26)22-12-10-21(11-13-22)15-19(24)23-9-3-2-4-17(23)14-20;;/h5-8,17H,2-4,9-15,20H2,1H3;2*1H.